The predicted molar refractivity (Wildman–Crippen MR) is 114 cm³/mol. The van der Waals surface area contributed by atoms with Gasteiger partial charge in [-0.15, -0.1) is 0 Å². The maximum Gasteiger partial charge on any atom is 0.253 e. The summed E-state index contributed by atoms with van der Waals surface area (Å²) in [5.74, 6) is -0.626. The lowest BCUT2D eigenvalue weighted by Crippen LogP contribution is -2.48. The van der Waals surface area contributed by atoms with Crippen molar-refractivity contribution in [2.45, 2.75) is 18.9 Å². The van der Waals surface area contributed by atoms with E-state index in [0.29, 0.717) is 36.6 Å². The van der Waals surface area contributed by atoms with E-state index in [2.05, 4.69) is 15.6 Å². The molecule has 2 amide bonds. The van der Waals surface area contributed by atoms with E-state index in [1.54, 1.807) is 31.4 Å². The smallest absolute Gasteiger partial charge is 0.253 e. The average Bonchev–Trinajstić information content (AvgIpc) is 3.14. The molecule has 7 heteroatoms. The van der Waals surface area contributed by atoms with Crippen molar-refractivity contribution in [3.8, 4) is 0 Å². The van der Waals surface area contributed by atoms with Crippen molar-refractivity contribution in [3.63, 3.8) is 0 Å². The minimum Gasteiger partial charge on any atom is -0.385 e. The number of fused-ring (bicyclic) bond motifs is 1. The van der Waals surface area contributed by atoms with Crippen LogP contribution in [0.1, 0.15) is 22.3 Å². The SMILES string of the molecule is COCCCNC(=O)C(Cc1c[nH]c2ccccc12)NC(=O)c1ccccc1Cl. The van der Waals surface area contributed by atoms with Gasteiger partial charge in [0.05, 0.1) is 10.6 Å². The highest BCUT2D eigenvalue weighted by molar-refractivity contribution is 6.33. The van der Waals surface area contributed by atoms with Gasteiger partial charge in [0.2, 0.25) is 5.91 Å². The van der Waals surface area contributed by atoms with E-state index < -0.39 is 6.04 Å². The van der Waals surface area contributed by atoms with Crippen LogP contribution in [0, 0.1) is 0 Å². The van der Waals surface area contributed by atoms with Crippen LogP contribution in [0.25, 0.3) is 10.9 Å². The van der Waals surface area contributed by atoms with Gasteiger partial charge in [0, 0.05) is 43.8 Å². The summed E-state index contributed by atoms with van der Waals surface area (Å²) in [4.78, 5) is 28.8. The molecule has 0 spiro atoms. The molecule has 6 nitrogen and oxygen atoms in total. The number of rotatable bonds is 9. The number of carbonyl (C=O) groups is 2. The Labute approximate surface area is 174 Å². The molecule has 0 bridgehead atoms. The van der Waals surface area contributed by atoms with Gasteiger partial charge in [-0.3, -0.25) is 9.59 Å². The molecule has 0 fully saturated rings. The first-order valence-electron chi connectivity index (χ1n) is 9.47. The second kappa shape index (κ2) is 10.1. The van der Waals surface area contributed by atoms with E-state index in [1.165, 1.54) is 0 Å². The highest BCUT2D eigenvalue weighted by atomic mass is 35.5. The molecule has 0 aliphatic carbocycles. The van der Waals surface area contributed by atoms with Gasteiger partial charge in [-0.05, 0) is 30.2 Å². The standard InChI is InChI=1S/C22H24ClN3O3/c1-29-12-6-11-24-22(28)20(26-21(27)17-8-2-4-9-18(17)23)13-15-14-25-19-10-5-3-7-16(15)19/h2-5,7-10,14,20,25H,6,11-13H2,1H3,(H,24,28)(H,26,27). The van der Waals surface area contributed by atoms with Crippen LogP contribution in [0.15, 0.2) is 54.7 Å². The fourth-order valence-corrected chi connectivity index (χ4v) is 3.38. The zero-order valence-electron chi connectivity index (χ0n) is 16.2. The van der Waals surface area contributed by atoms with E-state index in [1.807, 2.05) is 30.5 Å². The summed E-state index contributed by atoms with van der Waals surface area (Å²) in [7, 11) is 1.62. The fourth-order valence-electron chi connectivity index (χ4n) is 3.16. The number of aromatic nitrogens is 1. The van der Waals surface area contributed by atoms with Crippen LogP contribution in [-0.4, -0.2) is 43.1 Å². The minimum atomic E-state index is -0.736. The maximum atomic E-state index is 12.8. The van der Waals surface area contributed by atoms with Gasteiger partial charge in [0.25, 0.3) is 5.91 Å². The van der Waals surface area contributed by atoms with E-state index in [-0.39, 0.29) is 11.8 Å². The molecule has 0 aliphatic heterocycles. The number of benzene rings is 2. The molecule has 3 aromatic rings. The highest BCUT2D eigenvalue weighted by Gasteiger charge is 2.23. The zero-order valence-corrected chi connectivity index (χ0v) is 17.0. The molecule has 1 unspecified atom stereocenters. The van der Waals surface area contributed by atoms with E-state index >= 15 is 0 Å². The van der Waals surface area contributed by atoms with Crippen molar-refractivity contribution in [1.29, 1.82) is 0 Å². The number of amides is 2. The molecule has 0 aliphatic rings. The second-order valence-electron chi connectivity index (χ2n) is 6.71. The van der Waals surface area contributed by atoms with Crippen LogP contribution in [0.2, 0.25) is 5.02 Å². The number of ether oxygens (including phenoxy) is 1. The predicted octanol–water partition coefficient (Wildman–Crippen LogP) is 3.32. The third-order valence-corrected chi connectivity index (χ3v) is 4.99. The Hall–Kier alpha value is -2.83. The number of para-hydroxylation sites is 1. The first kappa shape index (κ1) is 20.9. The third-order valence-electron chi connectivity index (χ3n) is 4.66. The lowest BCUT2D eigenvalue weighted by Gasteiger charge is -2.19. The summed E-state index contributed by atoms with van der Waals surface area (Å²) >= 11 is 6.14. The molecule has 2 aromatic carbocycles. The summed E-state index contributed by atoms with van der Waals surface area (Å²) in [6, 6.07) is 13.9. The van der Waals surface area contributed by atoms with E-state index in [9.17, 15) is 9.59 Å². The molecule has 0 radical (unpaired) electrons. The number of methoxy groups -OCH3 is 1. The van der Waals surface area contributed by atoms with Crippen molar-refractivity contribution in [2.75, 3.05) is 20.3 Å². The summed E-state index contributed by atoms with van der Waals surface area (Å²) in [5.41, 5.74) is 2.28. The lowest BCUT2D eigenvalue weighted by atomic mass is 10.0. The monoisotopic (exact) mass is 413 g/mol. The summed E-state index contributed by atoms with van der Waals surface area (Å²) in [6.45, 7) is 1.03. The van der Waals surface area contributed by atoms with E-state index in [0.717, 1.165) is 16.5 Å². The number of hydrogen-bond donors (Lipinski definition) is 3. The molecular formula is C22H24ClN3O3. The fraction of sp³-hybridized carbons (Fsp3) is 0.273. The van der Waals surface area contributed by atoms with Crippen LogP contribution in [-0.2, 0) is 16.0 Å². The Morgan fingerprint density at radius 3 is 2.69 bits per heavy atom. The number of halogens is 1. The summed E-state index contributed by atoms with van der Waals surface area (Å²) < 4.78 is 5.01. The Kier molecular flexibility index (Phi) is 7.27. The van der Waals surface area contributed by atoms with Gasteiger partial charge in [-0.25, -0.2) is 0 Å². The molecule has 152 valence electrons. The molecule has 0 saturated carbocycles. The van der Waals surface area contributed by atoms with Crippen molar-refractivity contribution in [2.24, 2.45) is 0 Å². The molecule has 1 heterocycles. The molecule has 0 saturated heterocycles. The van der Waals surface area contributed by atoms with Crippen molar-refractivity contribution < 1.29 is 14.3 Å². The molecule has 3 N–H and O–H groups in total. The van der Waals surface area contributed by atoms with Crippen LogP contribution in [0.3, 0.4) is 0 Å². The van der Waals surface area contributed by atoms with Gasteiger partial charge in [0.1, 0.15) is 6.04 Å². The second-order valence-corrected chi connectivity index (χ2v) is 7.11. The maximum absolute atomic E-state index is 12.8. The average molecular weight is 414 g/mol. The zero-order chi connectivity index (χ0) is 20.6. The highest BCUT2D eigenvalue weighted by Crippen LogP contribution is 2.20. The van der Waals surface area contributed by atoms with Crippen LogP contribution >= 0.6 is 11.6 Å². The Bertz CT molecular complexity index is 986. The first-order chi connectivity index (χ1) is 14.1. The van der Waals surface area contributed by atoms with Gasteiger partial charge in [0.15, 0.2) is 0 Å². The molecule has 29 heavy (non-hydrogen) atoms. The van der Waals surface area contributed by atoms with Gasteiger partial charge >= 0.3 is 0 Å². The lowest BCUT2D eigenvalue weighted by molar-refractivity contribution is -0.123. The number of hydrogen-bond acceptors (Lipinski definition) is 3. The molecular weight excluding hydrogens is 390 g/mol. The number of H-pyrrole nitrogens is 1. The quantitative estimate of drug-likeness (QED) is 0.470. The molecule has 3 rings (SSSR count). The van der Waals surface area contributed by atoms with E-state index in [4.69, 9.17) is 16.3 Å². The topological polar surface area (TPSA) is 83.2 Å². The van der Waals surface area contributed by atoms with Crippen LogP contribution in [0.5, 0.6) is 0 Å². The minimum absolute atomic E-state index is 0.244. The Morgan fingerprint density at radius 1 is 1.14 bits per heavy atom. The van der Waals surface area contributed by atoms with Crippen LogP contribution in [0.4, 0.5) is 0 Å². The van der Waals surface area contributed by atoms with Crippen LogP contribution < -0.4 is 10.6 Å². The molecule has 1 atom stereocenters. The largest absolute Gasteiger partial charge is 0.385 e. The number of carbonyl (C=O) groups excluding carboxylic acids is 2. The van der Waals surface area contributed by atoms with Gasteiger partial charge in [-0.1, -0.05) is 41.9 Å². The number of nitrogens with one attached hydrogen (secondary N) is 3. The first-order valence-corrected chi connectivity index (χ1v) is 9.85. The Morgan fingerprint density at radius 2 is 1.90 bits per heavy atom. The third kappa shape index (κ3) is 5.37. The number of aromatic amines is 1. The normalized spacial score (nSPS) is 11.9. The summed E-state index contributed by atoms with van der Waals surface area (Å²) in [5, 5.41) is 7.08. The summed E-state index contributed by atoms with van der Waals surface area (Å²) in [6.07, 6.45) is 2.92. The molecule has 1 aromatic heterocycles. The van der Waals surface area contributed by atoms with Crippen molar-refractivity contribution in [3.05, 3.63) is 70.9 Å². The van der Waals surface area contributed by atoms with Gasteiger partial charge < -0.3 is 20.4 Å². The van der Waals surface area contributed by atoms with Gasteiger partial charge in [-0.2, -0.15) is 0 Å². The van der Waals surface area contributed by atoms with Crippen molar-refractivity contribution in [1.82, 2.24) is 15.6 Å². The van der Waals surface area contributed by atoms with Crippen molar-refractivity contribution >= 4 is 34.3 Å². The Balaban J connectivity index is 1.78.